The number of nitrogens with zero attached hydrogens (tertiary/aromatic N) is 3. The summed E-state index contributed by atoms with van der Waals surface area (Å²) in [7, 11) is 2.98. The third kappa shape index (κ3) is 4.42. The average molecular weight is 466 g/mol. The van der Waals surface area contributed by atoms with Crippen LogP contribution in [0.5, 0.6) is 5.88 Å². The fourth-order valence-electron chi connectivity index (χ4n) is 3.57. The van der Waals surface area contributed by atoms with Gasteiger partial charge in [-0.2, -0.15) is 0 Å². The van der Waals surface area contributed by atoms with E-state index in [1.54, 1.807) is 18.3 Å². The minimum absolute atomic E-state index is 0.142. The van der Waals surface area contributed by atoms with Crippen molar-refractivity contribution < 1.29 is 18.3 Å². The van der Waals surface area contributed by atoms with Gasteiger partial charge in [-0.25, -0.2) is 18.6 Å². The Hall–Kier alpha value is -4.34. The molecule has 4 aromatic rings. The summed E-state index contributed by atoms with van der Waals surface area (Å²) in [6, 6.07) is 11.0. The normalized spacial score (nSPS) is 10.9. The summed E-state index contributed by atoms with van der Waals surface area (Å²) in [5.41, 5.74) is 0.328. The van der Waals surface area contributed by atoms with E-state index in [4.69, 9.17) is 4.74 Å². The molecule has 4 rings (SSSR count). The molecule has 0 aliphatic carbocycles. The Bertz CT molecular complexity index is 1530. The Morgan fingerprint density at radius 2 is 1.82 bits per heavy atom. The summed E-state index contributed by atoms with van der Waals surface area (Å²) in [4.78, 5) is 42.6. The second kappa shape index (κ2) is 9.26. The number of methoxy groups -OCH3 is 1. The van der Waals surface area contributed by atoms with E-state index in [0.717, 1.165) is 22.3 Å². The summed E-state index contributed by atoms with van der Waals surface area (Å²) >= 11 is 0. The molecule has 0 radical (unpaired) electrons. The maximum atomic E-state index is 13.6. The summed E-state index contributed by atoms with van der Waals surface area (Å²) in [6.45, 7) is -0.0393. The minimum atomic E-state index is -1.08. The lowest BCUT2D eigenvalue weighted by Gasteiger charge is -2.12. The molecule has 0 spiro atoms. The number of nitrogens with one attached hydrogen (secondary N) is 1. The van der Waals surface area contributed by atoms with E-state index in [2.05, 4.69) is 10.3 Å². The first-order valence-corrected chi connectivity index (χ1v) is 10.2. The molecule has 34 heavy (non-hydrogen) atoms. The van der Waals surface area contributed by atoms with Crippen LogP contribution in [0.3, 0.4) is 0 Å². The van der Waals surface area contributed by atoms with Crippen molar-refractivity contribution in [1.82, 2.24) is 19.4 Å². The second-order valence-corrected chi connectivity index (χ2v) is 7.60. The largest absolute Gasteiger partial charge is 0.481 e. The van der Waals surface area contributed by atoms with Crippen LogP contribution < -0.4 is 21.3 Å². The number of pyridine rings is 1. The number of rotatable bonds is 6. The van der Waals surface area contributed by atoms with Crippen LogP contribution >= 0.6 is 0 Å². The lowest BCUT2D eigenvalue weighted by molar-refractivity contribution is 0.0951. The number of ether oxygens (including phenoxy) is 1. The quantitative estimate of drug-likeness (QED) is 0.471. The molecule has 1 amide bonds. The highest BCUT2D eigenvalue weighted by molar-refractivity contribution is 5.97. The molecule has 0 aliphatic rings. The number of aromatic nitrogens is 3. The molecule has 2 heterocycles. The molecule has 10 heteroatoms. The van der Waals surface area contributed by atoms with Gasteiger partial charge in [-0.15, -0.1) is 0 Å². The van der Waals surface area contributed by atoms with E-state index in [9.17, 15) is 23.2 Å². The van der Waals surface area contributed by atoms with Crippen LogP contribution in [0.1, 0.15) is 21.5 Å². The van der Waals surface area contributed by atoms with Gasteiger partial charge in [-0.05, 0) is 47.5 Å². The van der Waals surface area contributed by atoms with E-state index in [1.165, 1.54) is 43.0 Å². The first-order valence-electron chi connectivity index (χ1n) is 10.2. The highest BCUT2D eigenvalue weighted by atomic mass is 19.2. The lowest BCUT2D eigenvalue weighted by atomic mass is 10.1. The third-order valence-electron chi connectivity index (χ3n) is 5.40. The average Bonchev–Trinajstić information content (AvgIpc) is 2.85. The molecule has 1 N–H and O–H groups in total. The first kappa shape index (κ1) is 22.8. The van der Waals surface area contributed by atoms with Crippen LogP contribution in [-0.4, -0.2) is 27.1 Å². The summed E-state index contributed by atoms with van der Waals surface area (Å²) in [5.74, 6) is -2.10. The number of benzene rings is 2. The zero-order chi connectivity index (χ0) is 24.4. The van der Waals surface area contributed by atoms with Gasteiger partial charge in [0.05, 0.1) is 24.6 Å². The smallest absolute Gasteiger partial charge is 0.331 e. The number of aryl methyl sites for hydroxylation is 1. The van der Waals surface area contributed by atoms with Crippen molar-refractivity contribution in [2.75, 3.05) is 7.11 Å². The minimum Gasteiger partial charge on any atom is -0.481 e. The maximum absolute atomic E-state index is 13.6. The van der Waals surface area contributed by atoms with Crippen LogP contribution in [0.2, 0.25) is 0 Å². The lowest BCUT2D eigenvalue weighted by Crippen LogP contribution is -2.39. The standard InChI is InChI=1S/C24H20F2N4O4/c1-29-20-6-4-16(22(31)28-12-14-7-8-27-21(10-14)34-2)11-17(20)23(32)30(24(29)33)13-15-3-5-18(25)19(26)9-15/h3-11H,12-13H2,1-2H3,(H,28,31). The molecule has 174 valence electrons. The molecule has 2 aromatic heterocycles. The van der Waals surface area contributed by atoms with Gasteiger partial charge in [0, 0.05) is 31.4 Å². The molecule has 0 fully saturated rings. The van der Waals surface area contributed by atoms with Crippen LogP contribution in [0.4, 0.5) is 8.78 Å². The second-order valence-electron chi connectivity index (χ2n) is 7.60. The number of fused-ring (bicyclic) bond motifs is 1. The Morgan fingerprint density at radius 1 is 1.03 bits per heavy atom. The van der Waals surface area contributed by atoms with Gasteiger partial charge in [0.1, 0.15) is 0 Å². The fourth-order valence-corrected chi connectivity index (χ4v) is 3.57. The van der Waals surface area contributed by atoms with E-state index in [1.807, 2.05) is 0 Å². The third-order valence-corrected chi connectivity index (χ3v) is 5.40. The molecule has 0 atom stereocenters. The van der Waals surface area contributed by atoms with E-state index in [0.29, 0.717) is 11.4 Å². The zero-order valence-corrected chi connectivity index (χ0v) is 18.3. The van der Waals surface area contributed by atoms with Crippen molar-refractivity contribution >= 4 is 16.8 Å². The van der Waals surface area contributed by atoms with Crippen LogP contribution in [0, 0.1) is 11.6 Å². The number of carbonyl (C=O) groups is 1. The molecule has 2 aromatic carbocycles. The van der Waals surface area contributed by atoms with Crippen molar-refractivity contribution in [3.05, 3.63) is 104 Å². The van der Waals surface area contributed by atoms with Crippen LogP contribution in [-0.2, 0) is 20.1 Å². The maximum Gasteiger partial charge on any atom is 0.331 e. The Kier molecular flexibility index (Phi) is 6.22. The summed E-state index contributed by atoms with van der Waals surface area (Å²) in [6.07, 6.45) is 1.56. The predicted molar refractivity (Wildman–Crippen MR) is 121 cm³/mol. The summed E-state index contributed by atoms with van der Waals surface area (Å²) in [5, 5.41) is 2.91. The molecule has 0 saturated heterocycles. The SMILES string of the molecule is COc1cc(CNC(=O)c2ccc3c(c2)c(=O)n(Cc2ccc(F)c(F)c2)c(=O)n3C)ccn1. The molecule has 0 bridgehead atoms. The topological polar surface area (TPSA) is 95.2 Å². The van der Waals surface area contributed by atoms with Gasteiger partial charge in [0.2, 0.25) is 5.88 Å². The van der Waals surface area contributed by atoms with E-state index >= 15 is 0 Å². The number of amides is 1. The molecule has 0 saturated carbocycles. The van der Waals surface area contributed by atoms with Crippen molar-refractivity contribution in [3.63, 3.8) is 0 Å². The first-order chi connectivity index (χ1) is 16.3. The highest BCUT2D eigenvalue weighted by Gasteiger charge is 2.15. The summed E-state index contributed by atoms with van der Waals surface area (Å²) < 4.78 is 34.1. The highest BCUT2D eigenvalue weighted by Crippen LogP contribution is 2.14. The molecular weight excluding hydrogens is 446 g/mol. The van der Waals surface area contributed by atoms with Gasteiger partial charge in [-0.3, -0.25) is 18.7 Å². The van der Waals surface area contributed by atoms with Gasteiger partial charge in [0.15, 0.2) is 11.6 Å². The number of hydrogen-bond donors (Lipinski definition) is 1. The number of carbonyl (C=O) groups excluding carboxylic acids is 1. The number of halogens is 2. The van der Waals surface area contributed by atoms with Crippen LogP contribution in [0.25, 0.3) is 10.9 Å². The van der Waals surface area contributed by atoms with E-state index < -0.39 is 28.8 Å². The Labute approximate surface area is 192 Å². The van der Waals surface area contributed by atoms with Crippen LogP contribution in [0.15, 0.2) is 64.3 Å². The molecule has 0 unspecified atom stereocenters. The Morgan fingerprint density at radius 3 is 2.56 bits per heavy atom. The van der Waals surface area contributed by atoms with Crippen molar-refractivity contribution in [3.8, 4) is 5.88 Å². The molecule has 0 aliphatic heterocycles. The predicted octanol–water partition coefficient (Wildman–Crippen LogP) is 2.36. The van der Waals surface area contributed by atoms with Crippen molar-refractivity contribution in [2.24, 2.45) is 7.05 Å². The molecular formula is C24H20F2N4O4. The fraction of sp³-hybridized carbons (Fsp3) is 0.167. The Balaban J connectivity index is 1.66. The monoisotopic (exact) mass is 466 g/mol. The van der Waals surface area contributed by atoms with Gasteiger partial charge in [-0.1, -0.05) is 6.07 Å². The van der Waals surface area contributed by atoms with Gasteiger partial charge in [0.25, 0.3) is 11.5 Å². The number of hydrogen-bond acceptors (Lipinski definition) is 5. The zero-order valence-electron chi connectivity index (χ0n) is 18.3. The van der Waals surface area contributed by atoms with Gasteiger partial charge < -0.3 is 10.1 Å². The van der Waals surface area contributed by atoms with Gasteiger partial charge >= 0.3 is 5.69 Å². The van der Waals surface area contributed by atoms with E-state index in [-0.39, 0.29) is 29.6 Å². The van der Waals surface area contributed by atoms with Crippen molar-refractivity contribution in [2.45, 2.75) is 13.1 Å². The molecule has 8 nitrogen and oxygen atoms in total. The van der Waals surface area contributed by atoms with Crippen molar-refractivity contribution in [1.29, 1.82) is 0 Å².